The van der Waals surface area contributed by atoms with Crippen LogP contribution in [0.2, 0.25) is 0 Å². The van der Waals surface area contributed by atoms with E-state index in [4.69, 9.17) is 0 Å². The molecule has 0 aromatic carbocycles. The Balaban J connectivity index is 2.72. The molecule has 1 fully saturated rings. The van der Waals surface area contributed by atoms with Crippen molar-refractivity contribution in [1.82, 2.24) is 10.2 Å². The summed E-state index contributed by atoms with van der Waals surface area (Å²) in [5.41, 5.74) is 0. The van der Waals surface area contributed by atoms with Gasteiger partial charge in [0, 0.05) is 19.5 Å². The zero-order chi connectivity index (χ0) is 9.84. The number of hydrogen-bond acceptors (Lipinski definition) is 2. The maximum atomic E-state index is 11.7. The van der Waals surface area contributed by atoms with Gasteiger partial charge in [0.25, 0.3) is 0 Å². The van der Waals surface area contributed by atoms with E-state index in [0.29, 0.717) is 25.9 Å². The first-order chi connectivity index (χ1) is 6.19. The van der Waals surface area contributed by atoms with Crippen LogP contribution >= 0.6 is 0 Å². The van der Waals surface area contributed by atoms with E-state index >= 15 is 0 Å². The molecule has 4 heteroatoms. The molecule has 1 saturated heterocycles. The number of nitrogens with zero attached hydrogens (tertiary/aromatic N) is 1. The molecule has 13 heavy (non-hydrogen) atoms. The van der Waals surface area contributed by atoms with Crippen LogP contribution in [0.3, 0.4) is 0 Å². The van der Waals surface area contributed by atoms with Crippen LogP contribution < -0.4 is 5.32 Å². The smallest absolute Gasteiger partial charge is 0.245 e. The van der Waals surface area contributed by atoms with E-state index in [1.54, 1.807) is 4.90 Å². The molecule has 0 unspecified atom stereocenters. The Morgan fingerprint density at radius 1 is 1.46 bits per heavy atom. The van der Waals surface area contributed by atoms with Crippen LogP contribution in [0.25, 0.3) is 0 Å². The van der Waals surface area contributed by atoms with Gasteiger partial charge >= 0.3 is 0 Å². The standard InChI is InChI=1S/C9H16N2O2/c1-3-7-9(13)11(4-2)6-5-8(12)10-7/h7H,3-6H2,1-2H3,(H,10,12)/t7-/m0/s1. The normalized spacial score (nSPS) is 24.2. The zero-order valence-electron chi connectivity index (χ0n) is 8.17. The SMILES string of the molecule is CC[C@@H]1NC(=O)CCN(CC)C1=O. The van der Waals surface area contributed by atoms with Crippen molar-refractivity contribution in [2.24, 2.45) is 0 Å². The third-order valence-electron chi connectivity index (χ3n) is 2.34. The van der Waals surface area contributed by atoms with Crippen molar-refractivity contribution in [3.63, 3.8) is 0 Å². The molecule has 1 aliphatic heterocycles. The fourth-order valence-electron chi connectivity index (χ4n) is 1.49. The highest BCUT2D eigenvalue weighted by molar-refractivity contribution is 5.89. The second-order valence-electron chi connectivity index (χ2n) is 3.20. The summed E-state index contributed by atoms with van der Waals surface area (Å²) in [6.45, 7) is 5.07. The van der Waals surface area contributed by atoms with Crippen LogP contribution in [0.5, 0.6) is 0 Å². The molecule has 0 aromatic heterocycles. The minimum atomic E-state index is -0.310. The second-order valence-corrected chi connectivity index (χ2v) is 3.20. The van der Waals surface area contributed by atoms with E-state index in [1.807, 2.05) is 13.8 Å². The van der Waals surface area contributed by atoms with Crippen molar-refractivity contribution in [2.45, 2.75) is 32.7 Å². The highest BCUT2D eigenvalue weighted by Crippen LogP contribution is 2.05. The van der Waals surface area contributed by atoms with Crippen LogP contribution in [0.4, 0.5) is 0 Å². The molecule has 4 nitrogen and oxygen atoms in total. The molecule has 1 N–H and O–H groups in total. The lowest BCUT2D eigenvalue weighted by molar-refractivity contribution is -0.133. The Bertz CT molecular complexity index is 216. The second kappa shape index (κ2) is 4.25. The van der Waals surface area contributed by atoms with Gasteiger partial charge in [0.2, 0.25) is 11.8 Å². The van der Waals surface area contributed by atoms with E-state index in [2.05, 4.69) is 5.32 Å². The van der Waals surface area contributed by atoms with Crippen LogP contribution in [0.15, 0.2) is 0 Å². The molecule has 1 heterocycles. The molecule has 0 radical (unpaired) electrons. The molecular formula is C9H16N2O2. The van der Waals surface area contributed by atoms with Crippen molar-refractivity contribution < 1.29 is 9.59 Å². The minimum Gasteiger partial charge on any atom is -0.344 e. The number of nitrogens with one attached hydrogen (secondary N) is 1. The lowest BCUT2D eigenvalue weighted by atomic mass is 10.2. The summed E-state index contributed by atoms with van der Waals surface area (Å²) in [5.74, 6) is 0.0343. The van der Waals surface area contributed by atoms with Crippen LogP contribution in [0.1, 0.15) is 26.7 Å². The first kappa shape index (κ1) is 10.0. The fraction of sp³-hybridized carbons (Fsp3) is 0.778. The first-order valence-electron chi connectivity index (χ1n) is 4.77. The summed E-state index contributed by atoms with van der Waals surface area (Å²) in [4.78, 5) is 24.6. The number of carbonyl (C=O) groups is 2. The third-order valence-corrected chi connectivity index (χ3v) is 2.34. The van der Waals surface area contributed by atoms with Gasteiger partial charge in [0.15, 0.2) is 0 Å². The first-order valence-corrected chi connectivity index (χ1v) is 4.77. The Labute approximate surface area is 78.3 Å². The number of rotatable bonds is 2. The summed E-state index contributed by atoms with van der Waals surface area (Å²) >= 11 is 0. The Kier molecular flexibility index (Phi) is 3.28. The van der Waals surface area contributed by atoms with Crippen molar-refractivity contribution in [1.29, 1.82) is 0 Å². The quantitative estimate of drug-likeness (QED) is 0.663. The molecule has 2 amide bonds. The van der Waals surface area contributed by atoms with Gasteiger partial charge in [0.05, 0.1) is 0 Å². The number of hydrogen-bond donors (Lipinski definition) is 1. The summed E-state index contributed by atoms with van der Waals surface area (Å²) in [5, 5.41) is 2.71. The number of amides is 2. The van der Waals surface area contributed by atoms with Crippen LogP contribution in [0, 0.1) is 0 Å². The zero-order valence-corrected chi connectivity index (χ0v) is 8.17. The van der Waals surface area contributed by atoms with E-state index in [-0.39, 0.29) is 17.9 Å². The van der Waals surface area contributed by atoms with Crippen molar-refractivity contribution in [2.75, 3.05) is 13.1 Å². The Hall–Kier alpha value is -1.06. The van der Waals surface area contributed by atoms with Gasteiger partial charge in [-0.05, 0) is 13.3 Å². The summed E-state index contributed by atoms with van der Waals surface area (Å²) in [6, 6.07) is -0.310. The molecule has 0 spiro atoms. The maximum Gasteiger partial charge on any atom is 0.245 e. The maximum absolute atomic E-state index is 11.7. The van der Waals surface area contributed by atoms with Gasteiger partial charge in [0.1, 0.15) is 6.04 Å². The number of carbonyl (C=O) groups excluding carboxylic acids is 2. The lowest BCUT2D eigenvalue weighted by Crippen LogP contribution is -2.44. The van der Waals surface area contributed by atoms with E-state index in [0.717, 1.165) is 0 Å². The molecule has 0 aromatic rings. The van der Waals surface area contributed by atoms with Gasteiger partial charge < -0.3 is 10.2 Å². The lowest BCUT2D eigenvalue weighted by Gasteiger charge is -2.21. The predicted molar refractivity (Wildman–Crippen MR) is 49.1 cm³/mol. The van der Waals surface area contributed by atoms with E-state index in [1.165, 1.54) is 0 Å². The van der Waals surface area contributed by atoms with Gasteiger partial charge in [-0.15, -0.1) is 0 Å². The highest BCUT2D eigenvalue weighted by Gasteiger charge is 2.26. The van der Waals surface area contributed by atoms with Crippen molar-refractivity contribution in [3.05, 3.63) is 0 Å². The van der Waals surface area contributed by atoms with E-state index in [9.17, 15) is 9.59 Å². The van der Waals surface area contributed by atoms with Gasteiger partial charge in [-0.1, -0.05) is 6.92 Å². The molecule has 0 saturated carbocycles. The Morgan fingerprint density at radius 3 is 2.69 bits per heavy atom. The molecule has 1 rings (SSSR count). The van der Waals surface area contributed by atoms with Crippen molar-refractivity contribution >= 4 is 11.8 Å². The van der Waals surface area contributed by atoms with Crippen LogP contribution in [-0.2, 0) is 9.59 Å². The van der Waals surface area contributed by atoms with Gasteiger partial charge in [-0.25, -0.2) is 0 Å². The Morgan fingerprint density at radius 2 is 2.15 bits per heavy atom. The summed E-state index contributed by atoms with van der Waals surface area (Å²) in [6.07, 6.45) is 1.09. The molecule has 1 atom stereocenters. The topological polar surface area (TPSA) is 49.4 Å². The predicted octanol–water partition coefficient (Wildman–Crippen LogP) is 0.133. The summed E-state index contributed by atoms with van der Waals surface area (Å²) in [7, 11) is 0. The highest BCUT2D eigenvalue weighted by atomic mass is 16.2. The monoisotopic (exact) mass is 184 g/mol. The average Bonchev–Trinajstić information content (AvgIpc) is 2.26. The molecular weight excluding hydrogens is 168 g/mol. The van der Waals surface area contributed by atoms with Crippen molar-refractivity contribution in [3.8, 4) is 0 Å². The molecule has 1 aliphatic rings. The van der Waals surface area contributed by atoms with Crippen LogP contribution in [-0.4, -0.2) is 35.8 Å². The number of likely N-dealkylation sites (N-methyl/N-ethyl adjacent to an activating group) is 1. The largest absolute Gasteiger partial charge is 0.344 e. The van der Waals surface area contributed by atoms with Gasteiger partial charge in [-0.2, -0.15) is 0 Å². The molecule has 0 bridgehead atoms. The molecule has 74 valence electrons. The van der Waals surface area contributed by atoms with E-state index < -0.39 is 0 Å². The fourth-order valence-corrected chi connectivity index (χ4v) is 1.49. The average molecular weight is 184 g/mol. The van der Waals surface area contributed by atoms with Gasteiger partial charge in [-0.3, -0.25) is 9.59 Å². The minimum absolute atomic E-state index is 0.0175. The summed E-state index contributed by atoms with van der Waals surface area (Å²) < 4.78 is 0. The third kappa shape index (κ3) is 2.20. The molecule has 0 aliphatic carbocycles.